The summed E-state index contributed by atoms with van der Waals surface area (Å²) in [6, 6.07) is 0. The average Bonchev–Trinajstić information content (AvgIpc) is 4.28. The van der Waals surface area contributed by atoms with Crippen LogP contribution in [-0.2, 0) is 80.4 Å². The van der Waals surface area contributed by atoms with Crippen molar-refractivity contribution in [1.82, 2.24) is 53.6 Å². The molecule has 0 radical (unpaired) electrons. The van der Waals surface area contributed by atoms with Gasteiger partial charge in [-0.1, -0.05) is 4.98 Å². The van der Waals surface area contributed by atoms with E-state index in [0.29, 0.717) is 0 Å². The van der Waals surface area contributed by atoms with E-state index in [-0.39, 0.29) is 57.8 Å². The van der Waals surface area contributed by atoms with Crippen molar-refractivity contribution in [1.29, 1.82) is 0 Å². The number of hydrogen-bond acceptors (Lipinski definition) is 29. The topological polar surface area (TPSA) is 520 Å². The number of nitrogens with zero attached hydrogens (tertiary/aromatic N) is 10. The summed E-state index contributed by atoms with van der Waals surface area (Å²) in [6.07, 6.45) is -10.3. The zero-order chi connectivity index (χ0) is 54.4. The van der Waals surface area contributed by atoms with Gasteiger partial charge in [0.1, 0.15) is 66.8 Å². The van der Waals surface area contributed by atoms with E-state index in [1.807, 2.05) is 0 Å². The molecular formula is C34H45N15O23P4+2. The number of methoxy groups -OCH3 is 2. The fourth-order valence-electron chi connectivity index (χ4n) is 9.20. The van der Waals surface area contributed by atoms with E-state index in [0.717, 1.165) is 17.2 Å². The van der Waals surface area contributed by atoms with Gasteiger partial charge in [0.25, 0.3) is 17.1 Å². The number of aliphatic hydroxyl groups is 2. The fraction of sp³-hybridized carbons (Fsp3) is 0.559. The van der Waals surface area contributed by atoms with Crippen molar-refractivity contribution in [3.05, 3.63) is 46.0 Å². The number of aromatic nitrogens is 12. The molecule has 0 aliphatic carbocycles. The summed E-state index contributed by atoms with van der Waals surface area (Å²) in [5.41, 5.74) is 14.6. The number of fused-ring (bicyclic) bond motifs is 5. The Hall–Kier alpha value is -5.24. The molecule has 6 aromatic heterocycles. The first-order valence-electron chi connectivity index (χ1n) is 21.8. The SMILES string of the molecule is COC1[C@@H]2OC[C@]1(COP(=O)(O)OP(=O)(O)OP(=O)(O)OC[C@H]1O[C@@H](n3cnc4c(N)ncnc43)[C@@H](OC)C1O[P+](=O)OC[C@H]1O[C@@H](n3cnc4c(=O)[nH]c(N)nc43)[C@@H](O)C1O)O[C@H]2[n+]1cn(C)c2c(=O)[nH]c(N)nc21. The highest BCUT2D eigenvalue weighted by molar-refractivity contribution is 7.66. The normalized spacial score (nSPS) is 31.1. The van der Waals surface area contributed by atoms with Crippen molar-refractivity contribution in [2.45, 2.75) is 73.1 Å². The Bertz CT molecular complexity index is 3510. The standard InChI is InChI=1S/C34H43N15O23P4/c1-46-11-49(26-16(46)28(53)45-33(37)43-26)31-21-22(62-3)34(69-31,6-63-21)7-66-75(57,58)72-76(59,60)71-74(55,56)65-5-13-19(20(61-2)30(68-13)47-9-40-14-23(35)38-8-39-24(14)47)70-73(54)64-4-12-17(50)18(51)29(67-12)48-10-41-15-25(48)42-32(36)44-27(15)52/h8-13,17-22,29-31,50-51H,4-7H2,1-3H3,(H9-2,35,36,37,38,39,42,43,44,45,52,53,55,56,57,58,59,60)/p+2/t12-,13-,17?,18+,19?,20+,21+,22?,29-,30-,31-,34-/m1/s1. The van der Waals surface area contributed by atoms with Gasteiger partial charge in [0, 0.05) is 18.8 Å². The maximum Gasteiger partial charge on any atom is 0.697 e. The maximum absolute atomic E-state index is 13.5. The Morgan fingerprint density at radius 1 is 0.829 bits per heavy atom. The number of aliphatic hydroxyl groups excluding tert-OH is 2. The van der Waals surface area contributed by atoms with Crippen LogP contribution in [0.1, 0.15) is 18.7 Å². The highest BCUT2D eigenvalue weighted by Gasteiger charge is 2.65. The van der Waals surface area contributed by atoms with Gasteiger partial charge in [-0.2, -0.15) is 13.6 Å². The molecule has 16 atom stereocenters. The zero-order valence-corrected chi connectivity index (χ0v) is 42.6. The number of imidazole rings is 3. The quantitative estimate of drug-likeness (QED) is 0.0267. The number of hydrogen-bond donors (Lipinski definition) is 10. The van der Waals surface area contributed by atoms with Crippen LogP contribution in [0.4, 0.5) is 17.7 Å². The van der Waals surface area contributed by atoms with E-state index < -0.39 is 136 Å². The summed E-state index contributed by atoms with van der Waals surface area (Å²) in [5, 5.41) is 21.8. The molecule has 42 heteroatoms. The van der Waals surface area contributed by atoms with E-state index >= 15 is 0 Å². The van der Waals surface area contributed by atoms with Gasteiger partial charge in [-0.3, -0.25) is 42.3 Å². The number of aryl methyl sites for hydroxylation is 1. The number of H-pyrrole nitrogens is 2. The number of nitrogens with two attached hydrogens (primary N) is 3. The first-order valence-corrected chi connectivity index (χ1v) is 27.4. The number of ether oxygens (including phenoxy) is 6. The highest BCUT2D eigenvalue weighted by Crippen LogP contribution is 2.68. The van der Waals surface area contributed by atoms with Gasteiger partial charge in [0.2, 0.25) is 17.7 Å². The molecule has 4 aliphatic heterocycles. The minimum absolute atomic E-state index is 0.0361. The minimum Gasteiger partial charge on any atom is -0.387 e. The molecule has 13 N–H and O–H groups in total. The maximum atomic E-state index is 13.5. The lowest BCUT2D eigenvalue weighted by Crippen LogP contribution is -2.50. The molecule has 6 aromatic rings. The first kappa shape index (κ1) is 54.1. The van der Waals surface area contributed by atoms with Gasteiger partial charge in [-0.15, -0.1) is 9.05 Å². The van der Waals surface area contributed by atoms with Crippen molar-refractivity contribution in [2.75, 3.05) is 57.8 Å². The number of aromatic amines is 2. The predicted molar refractivity (Wildman–Crippen MR) is 244 cm³/mol. The molecule has 0 amide bonds. The van der Waals surface area contributed by atoms with Crippen LogP contribution in [0.3, 0.4) is 0 Å². The molecular weight excluding hydrogens is 1110 g/mol. The van der Waals surface area contributed by atoms with E-state index in [4.69, 9.17) is 63.7 Å². The second-order valence-electron chi connectivity index (χ2n) is 17.2. The van der Waals surface area contributed by atoms with Crippen LogP contribution < -0.4 is 32.9 Å². The van der Waals surface area contributed by atoms with Gasteiger partial charge < -0.3 is 70.5 Å². The summed E-state index contributed by atoms with van der Waals surface area (Å²) in [7, 11) is -17.1. The summed E-state index contributed by atoms with van der Waals surface area (Å²) >= 11 is 0. The molecule has 0 spiro atoms. The Kier molecular flexibility index (Phi) is 14.4. The molecule has 2 bridgehead atoms. The summed E-state index contributed by atoms with van der Waals surface area (Å²) in [6.45, 7) is -3.08. The van der Waals surface area contributed by atoms with Crippen LogP contribution >= 0.6 is 31.7 Å². The van der Waals surface area contributed by atoms with Crippen molar-refractivity contribution in [2.24, 2.45) is 7.05 Å². The monoisotopic (exact) mass is 1160 g/mol. The molecule has 38 nitrogen and oxygen atoms in total. The Morgan fingerprint density at radius 2 is 1.50 bits per heavy atom. The average molecular weight is 1160 g/mol. The first-order chi connectivity index (χ1) is 35.9. The van der Waals surface area contributed by atoms with E-state index in [2.05, 4.69) is 48.5 Å². The lowest BCUT2D eigenvalue weighted by Gasteiger charge is -2.30. The smallest absolute Gasteiger partial charge is 0.387 e. The van der Waals surface area contributed by atoms with Crippen LogP contribution in [-0.4, -0.2) is 174 Å². The number of nitrogen functional groups attached to an aromatic ring is 3. The van der Waals surface area contributed by atoms with Gasteiger partial charge in [0.05, 0.1) is 39.5 Å². The molecule has 10 heterocycles. The highest BCUT2D eigenvalue weighted by atomic mass is 31.3. The molecule has 0 saturated carbocycles. The van der Waals surface area contributed by atoms with Crippen LogP contribution in [0, 0.1) is 0 Å². The lowest BCUT2D eigenvalue weighted by molar-refractivity contribution is -0.752. The summed E-state index contributed by atoms with van der Waals surface area (Å²) in [5.74, 6) is -0.523. The zero-order valence-electron chi connectivity index (χ0n) is 39.1. The minimum atomic E-state index is -6.12. The van der Waals surface area contributed by atoms with E-state index in [1.165, 1.54) is 40.6 Å². The Morgan fingerprint density at radius 3 is 2.22 bits per heavy atom. The molecule has 76 heavy (non-hydrogen) atoms. The number of phosphoric acid groups is 3. The van der Waals surface area contributed by atoms with Gasteiger partial charge in [-0.25, -0.2) is 38.2 Å². The third-order valence-electron chi connectivity index (χ3n) is 12.4. The van der Waals surface area contributed by atoms with Crippen molar-refractivity contribution in [3.8, 4) is 0 Å². The third kappa shape index (κ3) is 9.99. The molecule has 7 unspecified atom stereocenters. The molecule has 10 rings (SSSR count). The van der Waals surface area contributed by atoms with Crippen LogP contribution in [0.15, 0.2) is 34.9 Å². The van der Waals surface area contributed by atoms with Crippen molar-refractivity contribution < 1.29 is 103 Å². The number of phosphoric ester groups is 2. The second kappa shape index (κ2) is 20.2. The molecule has 4 fully saturated rings. The Balaban J connectivity index is 0.802. The van der Waals surface area contributed by atoms with Gasteiger partial charge in [0.15, 0.2) is 47.5 Å². The summed E-state index contributed by atoms with van der Waals surface area (Å²) < 4.78 is 123. The second-order valence-corrected chi connectivity index (χ2v) is 22.7. The number of anilines is 3. The lowest BCUT2D eigenvalue weighted by atomic mass is 10.0. The van der Waals surface area contributed by atoms with E-state index in [9.17, 15) is 52.7 Å². The van der Waals surface area contributed by atoms with E-state index in [1.54, 1.807) is 7.05 Å². The molecule has 4 saturated heterocycles. The fourth-order valence-corrected chi connectivity index (χ4v) is 13.5. The Labute approximate surface area is 422 Å². The largest absolute Gasteiger partial charge is 0.697 e. The number of rotatable bonds is 20. The molecule has 0 aromatic carbocycles. The van der Waals surface area contributed by atoms with Crippen molar-refractivity contribution >= 4 is 82.9 Å². The van der Waals surface area contributed by atoms with Crippen LogP contribution in [0.25, 0.3) is 33.5 Å². The van der Waals surface area contributed by atoms with Crippen LogP contribution in [0.2, 0.25) is 0 Å². The van der Waals surface area contributed by atoms with Gasteiger partial charge >= 0.3 is 37.4 Å². The van der Waals surface area contributed by atoms with Crippen LogP contribution in [0.5, 0.6) is 0 Å². The molecule has 412 valence electrons. The number of nitrogens with one attached hydrogen (secondary N) is 2. The third-order valence-corrected chi connectivity index (χ3v) is 17.4. The summed E-state index contributed by atoms with van der Waals surface area (Å²) in [4.78, 5) is 85.9. The molecule has 4 aliphatic rings. The van der Waals surface area contributed by atoms with Crippen molar-refractivity contribution in [3.63, 3.8) is 0 Å². The predicted octanol–water partition coefficient (Wildman–Crippen LogP) is -3.09. The van der Waals surface area contributed by atoms with Gasteiger partial charge in [-0.05, 0) is 0 Å².